The van der Waals surface area contributed by atoms with Crippen LogP contribution in [0.2, 0.25) is 5.02 Å². The van der Waals surface area contributed by atoms with Crippen molar-refractivity contribution in [2.75, 3.05) is 7.11 Å². The number of benzene rings is 2. The quantitative estimate of drug-likeness (QED) is 0.673. The molecule has 0 spiro atoms. The predicted molar refractivity (Wildman–Crippen MR) is 87.8 cm³/mol. The van der Waals surface area contributed by atoms with Gasteiger partial charge in [0.15, 0.2) is 5.78 Å². The lowest BCUT2D eigenvalue weighted by Crippen LogP contribution is -2.10. The van der Waals surface area contributed by atoms with Crippen LogP contribution in [0.5, 0.6) is 5.75 Å². The summed E-state index contributed by atoms with van der Waals surface area (Å²) in [6.45, 7) is 0.124. The van der Waals surface area contributed by atoms with Gasteiger partial charge >= 0.3 is 0 Å². The number of aromatic nitrogens is 3. The van der Waals surface area contributed by atoms with Crippen molar-refractivity contribution in [3.05, 3.63) is 65.3 Å². The topological polar surface area (TPSA) is 57.0 Å². The molecule has 0 fully saturated rings. The van der Waals surface area contributed by atoms with Crippen molar-refractivity contribution >= 4 is 17.4 Å². The van der Waals surface area contributed by atoms with Crippen LogP contribution in [0.3, 0.4) is 0 Å². The van der Waals surface area contributed by atoms with Crippen LogP contribution in [0.4, 0.5) is 0 Å². The van der Waals surface area contributed by atoms with Gasteiger partial charge in [-0.3, -0.25) is 4.79 Å². The summed E-state index contributed by atoms with van der Waals surface area (Å²) in [6.07, 6.45) is 1.74. The molecule has 0 unspecified atom stereocenters. The Hall–Kier alpha value is -2.66. The lowest BCUT2D eigenvalue weighted by Gasteiger charge is -2.01. The maximum absolute atomic E-state index is 12.2. The summed E-state index contributed by atoms with van der Waals surface area (Å²) in [5.74, 6) is 0.693. The third-order valence-corrected chi connectivity index (χ3v) is 3.63. The van der Waals surface area contributed by atoms with Gasteiger partial charge in [0, 0.05) is 16.1 Å². The lowest BCUT2D eigenvalue weighted by atomic mass is 10.1. The number of halogens is 1. The van der Waals surface area contributed by atoms with Crippen LogP contribution in [-0.4, -0.2) is 27.9 Å². The predicted octanol–water partition coefficient (Wildman–Crippen LogP) is 3.49. The van der Waals surface area contributed by atoms with Gasteiger partial charge in [0.05, 0.1) is 13.3 Å². The number of hydrogen-bond acceptors (Lipinski definition) is 4. The van der Waals surface area contributed by atoms with E-state index < -0.39 is 0 Å². The zero-order valence-electron chi connectivity index (χ0n) is 12.4. The lowest BCUT2D eigenvalue weighted by molar-refractivity contribution is 0.0967. The molecule has 2 aromatic carbocycles. The number of ether oxygens (including phenoxy) is 1. The van der Waals surface area contributed by atoms with Gasteiger partial charge in [-0.1, -0.05) is 28.9 Å². The Morgan fingerprint density at radius 1 is 1.22 bits per heavy atom. The van der Waals surface area contributed by atoms with Gasteiger partial charge in [0.2, 0.25) is 0 Å². The average Bonchev–Trinajstić information content (AvgIpc) is 3.04. The normalized spacial score (nSPS) is 10.5. The summed E-state index contributed by atoms with van der Waals surface area (Å²) in [6, 6.07) is 14.3. The molecule has 23 heavy (non-hydrogen) atoms. The van der Waals surface area contributed by atoms with E-state index >= 15 is 0 Å². The largest absolute Gasteiger partial charge is 0.497 e. The number of methoxy groups -OCH3 is 1. The van der Waals surface area contributed by atoms with E-state index in [1.807, 2.05) is 24.3 Å². The zero-order chi connectivity index (χ0) is 16.2. The molecular formula is C17H14ClN3O2. The molecule has 116 valence electrons. The number of hydrogen-bond donors (Lipinski definition) is 0. The summed E-state index contributed by atoms with van der Waals surface area (Å²) in [5, 5.41) is 8.72. The van der Waals surface area contributed by atoms with E-state index in [4.69, 9.17) is 16.3 Å². The highest BCUT2D eigenvalue weighted by Gasteiger charge is 2.10. The second kappa shape index (κ2) is 6.62. The summed E-state index contributed by atoms with van der Waals surface area (Å²) in [4.78, 5) is 12.2. The average molecular weight is 328 g/mol. The number of Topliss-reactive ketones (excluding diaryl/α,β-unsaturated/α-hetero) is 1. The second-order valence-electron chi connectivity index (χ2n) is 4.96. The smallest absolute Gasteiger partial charge is 0.184 e. The maximum atomic E-state index is 12.2. The van der Waals surface area contributed by atoms with Crippen LogP contribution < -0.4 is 4.74 Å². The minimum Gasteiger partial charge on any atom is -0.497 e. The van der Waals surface area contributed by atoms with Crippen molar-refractivity contribution in [2.45, 2.75) is 6.54 Å². The molecule has 0 bridgehead atoms. The van der Waals surface area contributed by atoms with E-state index in [0.717, 1.165) is 11.3 Å². The van der Waals surface area contributed by atoms with Crippen molar-refractivity contribution in [1.82, 2.24) is 15.0 Å². The van der Waals surface area contributed by atoms with Crippen LogP contribution in [-0.2, 0) is 6.54 Å². The molecule has 0 aliphatic rings. The number of carbonyl (C=O) groups excluding carboxylic acids is 1. The first-order chi connectivity index (χ1) is 11.2. The molecule has 0 amide bonds. The van der Waals surface area contributed by atoms with E-state index in [9.17, 15) is 4.79 Å². The highest BCUT2D eigenvalue weighted by Crippen LogP contribution is 2.21. The molecule has 0 saturated heterocycles. The summed E-state index contributed by atoms with van der Waals surface area (Å²) in [7, 11) is 1.61. The molecule has 6 heteroatoms. The monoisotopic (exact) mass is 327 g/mol. The van der Waals surface area contributed by atoms with Crippen molar-refractivity contribution in [3.8, 4) is 17.0 Å². The Balaban J connectivity index is 1.76. The van der Waals surface area contributed by atoms with Gasteiger partial charge in [0.25, 0.3) is 0 Å². The van der Waals surface area contributed by atoms with Crippen molar-refractivity contribution < 1.29 is 9.53 Å². The third kappa shape index (κ3) is 3.57. The summed E-state index contributed by atoms with van der Waals surface area (Å²) < 4.78 is 6.71. The van der Waals surface area contributed by atoms with E-state index in [2.05, 4.69) is 10.3 Å². The standard InChI is InChI=1S/C17H14ClN3O2/c1-23-15-4-2-3-13(9-15)16-10-21(20-19-16)11-17(22)12-5-7-14(18)8-6-12/h2-10H,11H2,1H3. The zero-order valence-corrected chi connectivity index (χ0v) is 13.2. The van der Waals surface area contributed by atoms with Gasteiger partial charge in [0.1, 0.15) is 18.0 Å². The van der Waals surface area contributed by atoms with Crippen LogP contribution in [0.25, 0.3) is 11.3 Å². The number of ketones is 1. The first-order valence-electron chi connectivity index (χ1n) is 6.99. The van der Waals surface area contributed by atoms with Crippen molar-refractivity contribution in [2.24, 2.45) is 0 Å². The molecule has 0 N–H and O–H groups in total. The molecule has 1 aromatic heterocycles. The van der Waals surface area contributed by atoms with Crippen LogP contribution in [0.1, 0.15) is 10.4 Å². The fourth-order valence-electron chi connectivity index (χ4n) is 2.16. The summed E-state index contributed by atoms with van der Waals surface area (Å²) >= 11 is 5.82. The van der Waals surface area contributed by atoms with Gasteiger partial charge in [-0.15, -0.1) is 5.10 Å². The molecule has 3 aromatic rings. The van der Waals surface area contributed by atoms with Gasteiger partial charge in [-0.2, -0.15) is 0 Å². The van der Waals surface area contributed by atoms with Crippen molar-refractivity contribution in [3.63, 3.8) is 0 Å². The molecule has 0 aliphatic carbocycles. The first kappa shape index (κ1) is 15.2. The van der Waals surface area contributed by atoms with E-state index in [1.54, 1.807) is 37.6 Å². The fraction of sp³-hybridized carbons (Fsp3) is 0.118. The third-order valence-electron chi connectivity index (χ3n) is 3.38. The summed E-state index contributed by atoms with van der Waals surface area (Å²) in [5.41, 5.74) is 2.16. The molecule has 0 aliphatic heterocycles. The molecule has 3 rings (SSSR count). The highest BCUT2D eigenvalue weighted by molar-refractivity contribution is 6.30. The van der Waals surface area contributed by atoms with E-state index in [-0.39, 0.29) is 12.3 Å². The minimum absolute atomic E-state index is 0.0521. The van der Waals surface area contributed by atoms with E-state index in [1.165, 1.54) is 4.68 Å². The molecule has 0 saturated carbocycles. The Morgan fingerprint density at radius 2 is 2.00 bits per heavy atom. The number of rotatable bonds is 5. The maximum Gasteiger partial charge on any atom is 0.184 e. The molecule has 0 atom stereocenters. The Labute approximate surface area is 138 Å². The van der Waals surface area contributed by atoms with Gasteiger partial charge < -0.3 is 4.74 Å². The SMILES string of the molecule is COc1cccc(-c2cn(CC(=O)c3ccc(Cl)cc3)nn2)c1. The van der Waals surface area contributed by atoms with Crippen LogP contribution >= 0.6 is 11.6 Å². The minimum atomic E-state index is -0.0521. The highest BCUT2D eigenvalue weighted by atomic mass is 35.5. The van der Waals surface area contributed by atoms with Gasteiger partial charge in [-0.25, -0.2) is 4.68 Å². The number of carbonyl (C=O) groups is 1. The van der Waals surface area contributed by atoms with Gasteiger partial charge in [-0.05, 0) is 36.4 Å². The van der Waals surface area contributed by atoms with Crippen LogP contribution in [0, 0.1) is 0 Å². The Kier molecular flexibility index (Phi) is 4.39. The number of nitrogens with zero attached hydrogens (tertiary/aromatic N) is 3. The fourth-order valence-corrected chi connectivity index (χ4v) is 2.29. The molecular weight excluding hydrogens is 314 g/mol. The molecule has 5 nitrogen and oxygen atoms in total. The van der Waals surface area contributed by atoms with Crippen molar-refractivity contribution in [1.29, 1.82) is 0 Å². The Bertz CT molecular complexity index is 828. The molecule has 0 radical (unpaired) electrons. The molecule has 1 heterocycles. The first-order valence-corrected chi connectivity index (χ1v) is 7.37. The van der Waals surface area contributed by atoms with E-state index in [0.29, 0.717) is 16.3 Å². The van der Waals surface area contributed by atoms with Crippen LogP contribution in [0.15, 0.2) is 54.7 Å². The Morgan fingerprint density at radius 3 is 2.74 bits per heavy atom. The second-order valence-corrected chi connectivity index (χ2v) is 5.40.